The van der Waals surface area contributed by atoms with E-state index in [9.17, 15) is 14.3 Å². The lowest BCUT2D eigenvalue weighted by atomic mass is 10.3. The molecule has 1 aromatic carbocycles. The summed E-state index contributed by atoms with van der Waals surface area (Å²) in [6, 6.07) is 4.52. The normalized spacial score (nSPS) is 12.5. The number of aromatic nitrogens is 1. The fourth-order valence-corrected chi connectivity index (χ4v) is 2.14. The first-order chi connectivity index (χ1) is 9.10. The van der Waals surface area contributed by atoms with E-state index in [4.69, 9.17) is 4.42 Å². The molecule has 1 N–H and O–H groups in total. The maximum absolute atomic E-state index is 11.2. The van der Waals surface area contributed by atoms with Crippen molar-refractivity contribution in [1.29, 1.82) is 0 Å². The Labute approximate surface area is 111 Å². The van der Waals surface area contributed by atoms with Crippen molar-refractivity contribution < 1.29 is 13.5 Å². The number of nitro groups is 1. The van der Waals surface area contributed by atoms with Crippen LogP contribution in [0.25, 0.3) is 11.1 Å². The summed E-state index contributed by atoms with van der Waals surface area (Å²) in [5.74, 6) is 1.12. The largest absolute Gasteiger partial charge is 0.423 e. The maximum Gasteiger partial charge on any atom is 0.295 e. The van der Waals surface area contributed by atoms with Crippen LogP contribution in [-0.4, -0.2) is 32.2 Å². The van der Waals surface area contributed by atoms with Crippen molar-refractivity contribution in [3.05, 3.63) is 28.3 Å². The number of benzene rings is 1. The van der Waals surface area contributed by atoms with Gasteiger partial charge in [-0.1, -0.05) is 6.92 Å². The van der Waals surface area contributed by atoms with Gasteiger partial charge in [0.05, 0.1) is 11.0 Å². The van der Waals surface area contributed by atoms with Crippen molar-refractivity contribution in [2.75, 3.05) is 23.4 Å². The van der Waals surface area contributed by atoms with Gasteiger partial charge in [0, 0.05) is 34.9 Å². The molecule has 0 aliphatic rings. The monoisotopic (exact) mass is 283 g/mol. The third-order valence-corrected chi connectivity index (χ3v) is 3.81. The number of non-ortho nitro benzene ring substituents is 1. The van der Waals surface area contributed by atoms with Crippen molar-refractivity contribution in [2.45, 2.75) is 6.92 Å². The molecule has 0 spiro atoms. The van der Waals surface area contributed by atoms with Crippen LogP contribution in [0.15, 0.2) is 22.6 Å². The molecule has 102 valence electrons. The van der Waals surface area contributed by atoms with Gasteiger partial charge in [0.1, 0.15) is 5.52 Å². The van der Waals surface area contributed by atoms with Gasteiger partial charge in [-0.2, -0.15) is 4.98 Å². The molecule has 0 saturated carbocycles. The zero-order valence-corrected chi connectivity index (χ0v) is 11.1. The smallest absolute Gasteiger partial charge is 0.295 e. The fourth-order valence-electron chi connectivity index (χ4n) is 1.52. The average molecular weight is 283 g/mol. The maximum atomic E-state index is 11.2. The highest BCUT2D eigenvalue weighted by atomic mass is 32.2. The van der Waals surface area contributed by atoms with Gasteiger partial charge in [0.25, 0.3) is 11.7 Å². The highest BCUT2D eigenvalue weighted by molar-refractivity contribution is 7.84. The van der Waals surface area contributed by atoms with Crippen LogP contribution >= 0.6 is 0 Å². The minimum Gasteiger partial charge on any atom is -0.423 e. The second-order valence-corrected chi connectivity index (χ2v) is 5.65. The van der Waals surface area contributed by atoms with Crippen molar-refractivity contribution in [3.8, 4) is 0 Å². The number of hydrogen-bond acceptors (Lipinski definition) is 6. The summed E-state index contributed by atoms with van der Waals surface area (Å²) in [6.45, 7) is 2.34. The third kappa shape index (κ3) is 3.28. The highest BCUT2D eigenvalue weighted by Crippen LogP contribution is 2.23. The van der Waals surface area contributed by atoms with Crippen molar-refractivity contribution in [1.82, 2.24) is 4.98 Å². The Morgan fingerprint density at radius 3 is 3.00 bits per heavy atom. The molecule has 7 nitrogen and oxygen atoms in total. The Balaban J connectivity index is 2.09. The summed E-state index contributed by atoms with van der Waals surface area (Å²) >= 11 is 0. The summed E-state index contributed by atoms with van der Waals surface area (Å²) in [7, 11) is -0.850. The van der Waals surface area contributed by atoms with Gasteiger partial charge in [-0.15, -0.1) is 0 Å². The van der Waals surface area contributed by atoms with Crippen LogP contribution in [0.5, 0.6) is 0 Å². The minimum absolute atomic E-state index is 0.0395. The predicted octanol–water partition coefficient (Wildman–Crippen LogP) is 1.92. The van der Waals surface area contributed by atoms with Crippen LogP contribution in [0.3, 0.4) is 0 Å². The molecule has 0 fully saturated rings. The number of hydrogen-bond donors (Lipinski definition) is 1. The van der Waals surface area contributed by atoms with Crippen LogP contribution in [0.1, 0.15) is 6.92 Å². The van der Waals surface area contributed by atoms with Crippen molar-refractivity contribution in [3.63, 3.8) is 0 Å². The van der Waals surface area contributed by atoms with Gasteiger partial charge in [0.2, 0.25) is 0 Å². The van der Waals surface area contributed by atoms with Crippen molar-refractivity contribution >= 4 is 33.6 Å². The Kier molecular flexibility index (Phi) is 4.10. The van der Waals surface area contributed by atoms with E-state index in [2.05, 4.69) is 10.3 Å². The van der Waals surface area contributed by atoms with Gasteiger partial charge < -0.3 is 9.73 Å². The summed E-state index contributed by atoms with van der Waals surface area (Å²) in [6.07, 6.45) is 0. The Morgan fingerprint density at radius 2 is 2.32 bits per heavy atom. The van der Waals surface area contributed by atoms with Crippen molar-refractivity contribution in [2.24, 2.45) is 0 Å². The predicted molar refractivity (Wildman–Crippen MR) is 72.7 cm³/mol. The quantitative estimate of drug-likeness (QED) is 0.642. The summed E-state index contributed by atoms with van der Waals surface area (Å²) in [5, 5.41) is 13.5. The molecule has 0 amide bonds. The Bertz CT molecular complexity index is 625. The highest BCUT2D eigenvalue weighted by Gasteiger charge is 2.11. The molecule has 0 radical (unpaired) electrons. The molecule has 0 aliphatic heterocycles. The van der Waals surface area contributed by atoms with Gasteiger partial charge >= 0.3 is 0 Å². The number of anilines is 1. The number of nitrogens with one attached hydrogen (secondary N) is 1. The standard InChI is InChI=1S/C11H13N3O4S/c1-2-19(17)6-5-12-11-13-9-4-3-8(14(15)16)7-10(9)18-11/h3-4,7H,2,5-6H2,1H3,(H,12,13). The van der Waals surface area contributed by atoms with E-state index in [1.54, 1.807) is 0 Å². The lowest BCUT2D eigenvalue weighted by Crippen LogP contribution is -2.11. The zero-order chi connectivity index (χ0) is 13.8. The molecule has 2 rings (SSSR count). The number of nitrogens with zero attached hydrogens (tertiary/aromatic N) is 2. The van der Waals surface area contributed by atoms with Gasteiger partial charge in [-0.05, 0) is 6.07 Å². The molecule has 1 aromatic heterocycles. The van der Waals surface area contributed by atoms with E-state index in [0.29, 0.717) is 29.2 Å². The van der Waals surface area contributed by atoms with Crippen LogP contribution in [0.2, 0.25) is 0 Å². The second kappa shape index (κ2) is 5.79. The molecular formula is C11H13N3O4S. The van der Waals surface area contributed by atoms with E-state index in [1.165, 1.54) is 18.2 Å². The number of fused-ring (bicyclic) bond motifs is 1. The van der Waals surface area contributed by atoms with E-state index in [1.807, 2.05) is 6.92 Å². The molecule has 8 heteroatoms. The van der Waals surface area contributed by atoms with E-state index in [-0.39, 0.29) is 11.7 Å². The molecule has 2 aromatic rings. The Hall–Kier alpha value is -1.96. The van der Waals surface area contributed by atoms with E-state index in [0.717, 1.165) is 0 Å². The summed E-state index contributed by atoms with van der Waals surface area (Å²) in [4.78, 5) is 14.3. The molecule has 19 heavy (non-hydrogen) atoms. The van der Waals surface area contributed by atoms with Crippen LogP contribution in [-0.2, 0) is 10.8 Å². The average Bonchev–Trinajstić information content (AvgIpc) is 2.79. The number of nitro benzene ring substituents is 1. The lowest BCUT2D eigenvalue weighted by molar-refractivity contribution is -0.384. The Morgan fingerprint density at radius 1 is 1.53 bits per heavy atom. The van der Waals surface area contributed by atoms with Crippen LogP contribution < -0.4 is 5.32 Å². The van der Waals surface area contributed by atoms with Gasteiger partial charge in [-0.3, -0.25) is 14.3 Å². The second-order valence-electron chi connectivity index (χ2n) is 3.79. The first-order valence-corrected chi connectivity index (χ1v) is 7.22. The minimum atomic E-state index is -0.850. The molecule has 0 aliphatic carbocycles. The molecule has 0 saturated heterocycles. The first kappa shape index (κ1) is 13.5. The summed E-state index contributed by atoms with van der Waals surface area (Å²) in [5.41, 5.74) is 0.861. The van der Waals surface area contributed by atoms with E-state index >= 15 is 0 Å². The van der Waals surface area contributed by atoms with Gasteiger partial charge in [0.15, 0.2) is 5.58 Å². The third-order valence-electron chi connectivity index (χ3n) is 2.51. The molecule has 0 bridgehead atoms. The molecule has 1 atom stereocenters. The molecule has 1 unspecified atom stereocenters. The lowest BCUT2D eigenvalue weighted by Gasteiger charge is -1.99. The molecular weight excluding hydrogens is 270 g/mol. The first-order valence-electron chi connectivity index (χ1n) is 5.74. The zero-order valence-electron chi connectivity index (χ0n) is 10.3. The molecule has 1 heterocycles. The summed E-state index contributed by atoms with van der Waals surface area (Å²) < 4.78 is 16.6. The SMILES string of the molecule is CCS(=O)CCNc1nc2ccc([N+](=O)[O-])cc2o1. The van der Waals surface area contributed by atoms with E-state index < -0.39 is 15.7 Å². The van der Waals surface area contributed by atoms with Crippen LogP contribution in [0.4, 0.5) is 11.7 Å². The fraction of sp³-hybridized carbons (Fsp3) is 0.364. The number of rotatable bonds is 6. The van der Waals surface area contributed by atoms with Gasteiger partial charge in [-0.25, -0.2) is 0 Å². The topological polar surface area (TPSA) is 98.3 Å². The number of oxazole rings is 1. The van der Waals surface area contributed by atoms with Crippen LogP contribution in [0, 0.1) is 10.1 Å².